The minimum atomic E-state index is 0.211. The zero-order chi connectivity index (χ0) is 8.10. The van der Waals surface area contributed by atoms with Crippen LogP contribution in [0.4, 0.5) is 0 Å². The van der Waals surface area contributed by atoms with Gasteiger partial charge in [0.2, 0.25) is 0 Å². The van der Waals surface area contributed by atoms with E-state index in [0.29, 0.717) is 0 Å². The van der Waals surface area contributed by atoms with Gasteiger partial charge in [-0.25, -0.2) is 0 Å². The Morgan fingerprint density at radius 2 is 2.64 bits per heavy atom. The minimum Gasteiger partial charge on any atom is -0.399 e. The van der Waals surface area contributed by atoms with E-state index in [1.807, 2.05) is 11.4 Å². The number of rotatable bonds is 3. The van der Waals surface area contributed by atoms with Gasteiger partial charge in [0, 0.05) is 0 Å². The SMILES string of the molecule is CO/N=C(/[C]=O)c1cccs1. The van der Waals surface area contributed by atoms with Crippen molar-refractivity contribution in [3.05, 3.63) is 22.4 Å². The average molecular weight is 168 g/mol. The number of hydrogen-bond donors (Lipinski definition) is 0. The molecule has 57 valence electrons. The summed E-state index contributed by atoms with van der Waals surface area (Å²) in [7, 11) is 1.39. The molecule has 0 atom stereocenters. The van der Waals surface area contributed by atoms with Gasteiger partial charge >= 0.3 is 0 Å². The molecule has 1 aromatic heterocycles. The third kappa shape index (κ3) is 1.88. The number of thiophene rings is 1. The van der Waals surface area contributed by atoms with Crippen molar-refractivity contribution in [3.63, 3.8) is 0 Å². The van der Waals surface area contributed by atoms with Crippen molar-refractivity contribution in [2.45, 2.75) is 0 Å². The fourth-order valence-corrected chi connectivity index (χ4v) is 1.27. The predicted octanol–water partition coefficient (Wildman–Crippen LogP) is 1.21. The van der Waals surface area contributed by atoms with Crippen LogP contribution in [0.3, 0.4) is 0 Å². The van der Waals surface area contributed by atoms with E-state index in [9.17, 15) is 4.79 Å². The van der Waals surface area contributed by atoms with Gasteiger partial charge in [0.25, 0.3) is 6.29 Å². The molecule has 0 aliphatic rings. The molecule has 0 spiro atoms. The van der Waals surface area contributed by atoms with Crippen LogP contribution in [0.25, 0.3) is 0 Å². The standard InChI is InChI=1S/C7H6NO2S/c1-10-8-6(5-9)7-3-2-4-11-7/h2-4H,1H3/b8-6-. The fraction of sp³-hybridized carbons (Fsp3) is 0.143. The molecular formula is C7H6NO2S. The molecule has 1 radical (unpaired) electrons. The Morgan fingerprint density at radius 1 is 1.82 bits per heavy atom. The van der Waals surface area contributed by atoms with Crippen molar-refractivity contribution >= 4 is 23.3 Å². The first-order valence-corrected chi connectivity index (χ1v) is 3.79. The molecule has 0 bridgehead atoms. The summed E-state index contributed by atoms with van der Waals surface area (Å²) in [5, 5.41) is 5.35. The number of carbonyl (C=O) groups excluding carboxylic acids is 1. The Hall–Kier alpha value is -1.16. The molecule has 1 heterocycles. The van der Waals surface area contributed by atoms with Gasteiger partial charge in [-0.05, 0) is 11.4 Å². The molecular weight excluding hydrogens is 162 g/mol. The average Bonchev–Trinajstić information content (AvgIpc) is 2.52. The number of oxime groups is 1. The Morgan fingerprint density at radius 3 is 3.09 bits per heavy atom. The molecule has 0 aliphatic heterocycles. The maximum Gasteiger partial charge on any atom is 0.258 e. The molecule has 0 aromatic carbocycles. The molecule has 0 amide bonds. The zero-order valence-corrected chi connectivity index (χ0v) is 6.72. The van der Waals surface area contributed by atoms with E-state index in [1.54, 1.807) is 12.4 Å². The van der Waals surface area contributed by atoms with Crippen LogP contribution in [-0.2, 0) is 9.63 Å². The topological polar surface area (TPSA) is 38.7 Å². The third-order valence-corrected chi connectivity index (χ3v) is 1.91. The van der Waals surface area contributed by atoms with Gasteiger partial charge in [0.15, 0.2) is 5.71 Å². The summed E-state index contributed by atoms with van der Waals surface area (Å²) >= 11 is 1.42. The molecule has 0 fully saturated rings. The van der Waals surface area contributed by atoms with Crippen molar-refractivity contribution in [3.8, 4) is 0 Å². The summed E-state index contributed by atoms with van der Waals surface area (Å²) in [6.07, 6.45) is 1.69. The van der Waals surface area contributed by atoms with Crippen LogP contribution in [-0.4, -0.2) is 19.1 Å². The highest BCUT2D eigenvalue weighted by Crippen LogP contribution is 2.08. The molecule has 0 unspecified atom stereocenters. The van der Waals surface area contributed by atoms with Gasteiger partial charge < -0.3 is 4.84 Å². The van der Waals surface area contributed by atoms with Crippen LogP contribution in [0.15, 0.2) is 22.7 Å². The highest BCUT2D eigenvalue weighted by molar-refractivity contribution is 7.12. The molecule has 1 rings (SSSR count). The lowest BCUT2D eigenvalue weighted by Gasteiger charge is -1.90. The highest BCUT2D eigenvalue weighted by atomic mass is 32.1. The maximum atomic E-state index is 10.3. The molecule has 3 nitrogen and oxygen atoms in total. The van der Waals surface area contributed by atoms with Crippen LogP contribution in [0.2, 0.25) is 0 Å². The zero-order valence-electron chi connectivity index (χ0n) is 5.90. The van der Waals surface area contributed by atoms with Crippen LogP contribution in [0, 0.1) is 0 Å². The lowest BCUT2D eigenvalue weighted by atomic mass is 10.3. The second-order valence-corrected chi connectivity index (χ2v) is 2.65. The van der Waals surface area contributed by atoms with Crippen molar-refractivity contribution in [1.82, 2.24) is 0 Å². The van der Waals surface area contributed by atoms with E-state index in [0.717, 1.165) is 4.88 Å². The van der Waals surface area contributed by atoms with E-state index in [1.165, 1.54) is 18.4 Å². The van der Waals surface area contributed by atoms with Gasteiger partial charge in [-0.1, -0.05) is 11.2 Å². The van der Waals surface area contributed by atoms with Crippen LogP contribution in [0.5, 0.6) is 0 Å². The minimum absolute atomic E-state index is 0.211. The van der Waals surface area contributed by atoms with E-state index >= 15 is 0 Å². The molecule has 0 aliphatic carbocycles. The molecule has 0 saturated heterocycles. The molecule has 0 N–H and O–H groups in total. The van der Waals surface area contributed by atoms with Crippen LogP contribution >= 0.6 is 11.3 Å². The first-order chi connectivity index (χ1) is 5.38. The first kappa shape index (κ1) is 7.94. The van der Waals surface area contributed by atoms with E-state index < -0.39 is 0 Å². The second-order valence-electron chi connectivity index (χ2n) is 1.70. The summed E-state index contributed by atoms with van der Waals surface area (Å²) in [5.74, 6) is 0. The summed E-state index contributed by atoms with van der Waals surface area (Å²) < 4.78 is 0. The molecule has 0 saturated carbocycles. The lowest BCUT2D eigenvalue weighted by molar-refractivity contribution is 0.214. The Kier molecular flexibility index (Phi) is 2.80. The van der Waals surface area contributed by atoms with Gasteiger partial charge in [0.05, 0.1) is 4.88 Å². The molecule has 1 aromatic rings. The fourth-order valence-electron chi connectivity index (χ4n) is 0.619. The summed E-state index contributed by atoms with van der Waals surface area (Å²) in [6.45, 7) is 0. The van der Waals surface area contributed by atoms with Crippen molar-refractivity contribution in [2.75, 3.05) is 7.11 Å². The quantitative estimate of drug-likeness (QED) is 0.502. The summed E-state index contributed by atoms with van der Waals surface area (Å²) in [6, 6.07) is 3.62. The van der Waals surface area contributed by atoms with Crippen molar-refractivity contribution in [2.24, 2.45) is 5.16 Å². The van der Waals surface area contributed by atoms with Crippen LogP contribution in [0.1, 0.15) is 4.88 Å². The maximum absolute atomic E-state index is 10.3. The van der Waals surface area contributed by atoms with Crippen molar-refractivity contribution < 1.29 is 9.63 Å². The number of hydrogen-bond acceptors (Lipinski definition) is 4. The van der Waals surface area contributed by atoms with E-state index in [-0.39, 0.29) is 5.71 Å². The highest BCUT2D eigenvalue weighted by Gasteiger charge is 2.03. The Labute approximate surface area is 68.3 Å². The Balaban J connectivity index is 2.88. The predicted molar refractivity (Wildman–Crippen MR) is 43.6 cm³/mol. The molecule has 11 heavy (non-hydrogen) atoms. The lowest BCUT2D eigenvalue weighted by Crippen LogP contribution is -1.99. The second kappa shape index (κ2) is 3.88. The number of nitrogens with zero attached hydrogens (tertiary/aromatic N) is 1. The smallest absolute Gasteiger partial charge is 0.258 e. The normalized spacial score (nSPS) is 11.2. The Bertz CT molecular complexity index is 253. The third-order valence-electron chi connectivity index (χ3n) is 1.03. The van der Waals surface area contributed by atoms with Crippen molar-refractivity contribution in [1.29, 1.82) is 0 Å². The van der Waals surface area contributed by atoms with Gasteiger partial charge in [0.1, 0.15) is 7.11 Å². The molecule has 4 heteroatoms. The van der Waals surface area contributed by atoms with Crippen LogP contribution < -0.4 is 0 Å². The van der Waals surface area contributed by atoms with Gasteiger partial charge in [-0.3, -0.25) is 4.79 Å². The largest absolute Gasteiger partial charge is 0.399 e. The van der Waals surface area contributed by atoms with E-state index in [4.69, 9.17) is 0 Å². The summed E-state index contributed by atoms with van der Waals surface area (Å²) in [5.41, 5.74) is 0.211. The van der Waals surface area contributed by atoms with E-state index in [2.05, 4.69) is 9.99 Å². The first-order valence-electron chi connectivity index (χ1n) is 2.91. The van der Waals surface area contributed by atoms with Gasteiger partial charge in [-0.15, -0.1) is 11.3 Å². The van der Waals surface area contributed by atoms with Gasteiger partial charge in [-0.2, -0.15) is 0 Å². The monoisotopic (exact) mass is 168 g/mol. The summed E-state index contributed by atoms with van der Waals surface area (Å²) in [4.78, 5) is 15.5.